The van der Waals surface area contributed by atoms with Crippen molar-refractivity contribution in [1.29, 1.82) is 0 Å². The third-order valence-electron chi connectivity index (χ3n) is 3.01. The van der Waals surface area contributed by atoms with Gasteiger partial charge in [-0.25, -0.2) is 0 Å². The van der Waals surface area contributed by atoms with Crippen molar-refractivity contribution in [1.82, 2.24) is 5.16 Å². The van der Waals surface area contributed by atoms with Crippen LogP contribution in [0, 0.1) is 0 Å². The topological polar surface area (TPSA) is 35.3 Å². The number of methoxy groups -OCH3 is 1. The molecule has 0 atom stereocenters. The van der Waals surface area contributed by atoms with Gasteiger partial charge in [-0.3, -0.25) is 0 Å². The molecule has 0 saturated carbocycles. The molecule has 0 aliphatic heterocycles. The summed E-state index contributed by atoms with van der Waals surface area (Å²) in [5.41, 5.74) is 3.06. The zero-order valence-electron chi connectivity index (χ0n) is 10.5. The van der Waals surface area contributed by atoms with Crippen molar-refractivity contribution in [2.75, 3.05) is 7.11 Å². The molecule has 3 heteroatoms. The lowest BCUT2D eigenvalue weighted by atomic mass is 10.0. The average molecular weight is 251 g/mol. The highest BCUT2D eigenvalue weighted by molar-refractivity contribution is 5.79. The fourth-order valence-corrected chi connectivity index (χ4v) is 2.01. The standard InChI is InChI=1S/C16H13NO2/c1-18-14-9-7-12(8-10-14)15-11-17-19-16(15)13-5-3-2-4-6-13/h2-11H,1H3. The molecule has 3 aromatic rings. The summed E-state index contributed by atoms with van der Waals surface area (Å²) in [4.78, 5) is 0. The molecule has 0 aliphatic carbocycles. The normalized spacial score (nSPS) is 10.4. The molecule has 0 saturated heterocycles. The van der Waals surface area contributed by atoms with Gasteiger partial charge in [-0.2, -0.15) is 0 Å². The van der Waals surface area contributed by atoms with Gasteiger partial charge in [0.15, 0.2) is 5.76 Å². The minimum Gasteiger partial charge on any atom is -0.497 e. The lowest BCUT2D eigenvalue weighted by molar-refractivity contribution is 0.415. The van der Waals surface area contributed by atoms with Gasteiger partial charge in [0, 0.05) is 11.1 Å². The maximum Gasteiger partial charge on any atom is 0.174 e. The summed E-state index contributed by atoms with van der Waals surface area (Å²) < 4.78 is 10.5. The SMILES string of the molecule is COc1ccc(-c2cnoc2-c2ccccc2)cc1. The molecule has 3 rings (SSSR count). The highest BCUT2D eigenvalue weighted by Crippen LogP contribution is 2.32. The van der Waals surface area contributed by atoms with Crippen LogP contribution >= 0.6 is 0 Å². The zero-order valence-corrected chi connectivity index (χ0v) is 10.5. The van der Waals surface area contributed by atoms with E-state index in [1.807, 2.05) is 54.6 Å². The van der Waals surface area contributed by atoms with Crippen LogP contribution < -0.4 is 4.74 Å². The van der Waals surface area contributed by atoms with Gasteiger partial charge >= 0.3 is 0 Å². The number of nitrogens with zero attached hydrogens (tertiary/aromatic N) is 1. The predicted octanol–water partition coefficient (Wildman–Crippen LogP) is 4.02. The van der Waals surface area contributed by atoms with Crippen molar-refractivity contribution in [3.05, 3.63) is 60.8 Å². The first-order chi connectivity index (χ1) is 9.38. The number of aromatic nitrogens is 1. The molecule has 3 nitrogen and oxygen atoms in total. The number of hydrogen-bond donors (Lipinski definition) is 0. The van der Waals surface area contributed by atoms with Crippen molar-refractivity contribution in [3.8, 4) is 28.2 Å². The average Bonchev–Trinajstić information content (AvgIpc) is 2.98. The molecular weight excluding hydrogens is 238 g/mol. The van der Waals surface area contributed by atoms with Crippen molar-refractivity contribution in [3.63, 3.8) is 0 Å². The largest absolute Gasteiger partial charge is 0.497 e. The number of benzene rings is 2. The summed E-state index contributed by atoms with van der Waals surface area (Å²) in [6.45, 7) is 0. The van der Waals surface area contributed by atoms with Crippen LogP contribution in [0.4, 0.5) is 0 Å². The highest BCUT2D eigenvalue weighted by Gasteiger charge is 2.12. The van der Waals surface area contributed by atoms with E-state index in [1.54, 1.807) is 13.3 Å². The van der Waals surface area contributed by atoms with Crippen LogP contribution in [-0.2, 0) is 0 Å². The van der Waals surface area contributed by atoms with Crippen LogP contribution in [0.15, 0.2) is 65.3 Å². The maximum absolute atomic E-state index is 5.38. The van der Waals surface area contributed by atoms with Crippen LogP contribution in [-0.4, -0.2) is 12.3 Å². The van der Waals surface area contributed by atoms with E-state index in [0.29, 0.717) is 0 Å². The monoisotopic (exact) mass is 251 g/mol. The molecular formula is C16H13NO2. The Morgan fingerprint density at radius 2 is 1.63 bits per heavy atom. The van der Waals surface area contributed by atoms with Gasteiger partial charge in [0.2, 0.25) is 0 Å². The van der Waals surface area contributed by atoms with Crippen LogP contribution in [0.5, 0.6) is 5.75 Å². The Labute approximate surface area is 111 Å². The number of hydrogen-bond acceptors (Lipinski definition) is 3. The van der Waals surface area contributed by atoms with E-state index in [4.69, 9.17) is 9.26 Å². The lowest BCUT2D eigenvalue weighted by Crippen LogP contribution is -1.83. The third kappa shape index (κ3) is 2.22. The molecule has 0 N–H and O–H groups in total. The quantitative estimate of drug-likeness (QED) is 0.705. The molecule has 0 spiro atoms. The molecule has 0 bridgehead atoms. The van der Waals surface area contributed by atoms with E-state index in [0.717, 1.165) is 28.2 Å². The number of rotatable bonds is 3. The lowest BCUT2D eigenvalue weighted by Gasteiger charge is -2.03. The van der Waals surface area contributed by atoms with Gasteiger partial charge < -0.3 is 9.26 Å². The zero-order chi connectivity index (χ0) is 13.1. The number of ether oxygens (including phenoxy) is 1. The van der Waals surface area contributed by atoms with Gasteiger partial charge in [-0.15, -0.1) is 0 Å². The molecule has 0 amide bonds. The Morgan fingerprint density at radius 3 is 2.32 bits per heavy atom. The Kier molecular flexibility index (Phi) is 3.02. The predicted molar refractivity (Wildman–Crippen MR) is 73.9 cm³/mol. The van der Waals surface area contributed by atoms with E-state index in [2.05, 4.69) is 5.16 Å². The molecule has 19 heavy (non-hydrogen) atoms. The molecule has 1 aromatic heterocycles. The van der Waals surface area contributed by atoms with Crippen molar-refractivity contribution in [2.24, 2.45) is 0 Å². The van der Waals surface area contributed by atoms with Crippen LogP contribution in [0.2, 0.25) is 0 Å². The van der Waals surface area contributed by atoms with Crippen LogP contribution in [0.1, 0.15) is 0 Å². The first-order valence-electron chi connectivity index (χ1n) is 6.03. The van der Waals surface area contributed by atoms with Crippen molar-refractivity contribution >= 4 is 0 Å². The van der Waals surface area contributed by atoms with Gasteiger partial charge in [-0.1, -0.05) is 47.6 Å². The summed E-state index contributed by atoms with van der Waals surface area (Å²) in [5, 5.41) is 3.91. The minimum atomic E-state index is 0.783. The van der Waals surface area contributed by atoms with Crippen molar-refractivity contribution < 1.29 is 9.26 Å². The molecule has 0 fully saturated rings. The van der Waals surface area contributed by atoms with E-state index in [1.165, 1.54) is 0 Å². The first kappa shape index (κ1) is 11.5. The Balaban J connectivity index is 2.04. The van der Waals surface area contributed by atoms with Crippen molar-refractivity contribution in [2.45, 2.75) is 0 Å². The smallest absolute Gasteiger partial charge is 0.174 e. The van der Waals surface area contributed by atoms with Crippen LogP contribution in [0.25, 0.3) is 22.5 Å². The Hall–Kier alpha value is -2.55. The summed E-state index contributed by atoms with van der Waals surface area (Å²) in [6.07, 6.45) is 1.74. The fraction of sp³-hybridized carbons (Fsp3) is 0.0625. The van der Waals surface area contributed by atoms with E-state index in [9.17, 15) is 0 Å². The first-order valence-corrected chi connectivity index (χ1v) is 6.03. The summed E-state index contributed by atoms with van der Waals surface area (Å²) in [7, 11) is 1.66. The van der Waals surface area contributed by atoms with Gasteiger partial charge in [0.05, 0.1) is 13.3 Å². The summed E-state index contributed by atoms with van der Waals surface area (Å²) in [5.74, 6) is 1.62. The second kappa shape index (κ2) is 4.98. The fourth-order valence-electron chi connectivity index (χ4n) is 2.01. The molecule has 0 unspecified atom stereocenters. The van der Waals surface area contributed by atoms with E-state index < -0.39 is 0 Å². The molecule has 94 valence electrons. The minimum absolute atomic E-state index is 0.783. The molecule has 2 aromatic carbocycles. The highest BCUT2D eigenvalue weighted by atomic mass is 16.5. The second-order valence-corrected chi connectivity index (χ2v) is 4.16. The van der Waals surface area contributed by atoms with E-state index >= 15 is 0 Å². The molecule has 0 radical (unpaired) electrons. The third-order valence-corrected chi connectivity index (χ3v) is 3.01. The Bertz CT molecular complexity index is 657. The van der Waals surface area contributed by atoms with Gasteiger partial charge in [-0.05, 0) is 17.7 Å². The van der Waals surface area contributed by atoms with E-state index in [-0.39, 0.29) is 0 Å². The van der Waals surface area contributed by atoms with Gasteiger partial charge in [0.25, 0.3) is 0 Å². The maximum atomic E-state index is 5.38. The Morgan fingerprint density at radius 1 is 0.895 bits per heavy atom. The second-order valence-electron chi connectivity index (χ2n) is 4.16. The summed E-state index contributed by atoms with van der Waals surface area (Å²) in [6, 6.07) is 17.8. The molecule has 0 aliphatic rings. The summed E-state index contributed by atoms with van der Waals surface area (Å²) >= 11 is 0. The van der Waals surface area contributed by atoms with Crippen LogP contribution in [0.3, 0.4) is 0 Å². The van der Waals surface area contributed by atoms with Gasteiger partial charge in [0.1, 0.15) is 5.75 Å². The molecule has 1 heterocycles.